The number of unbranched alkanes of at least 4 members (excludes halogenated alkanes) is 38. The van der Waals surface area contributed by atoms with Gasteiger partial charge in [0.2, 0.25) is 0 Å². The summed E-state index contributed by atoms with van der Waals surface area (Å²) in [6, 6.07) is 0. The molecular formula is C78H158N2O8. The van der Waals surface area contributed by atoms with E-state index in [-0.39, 0.29) is 25.2 Å². The van der Waals surface area contributed by atoms with Crippen molar-refractivity contribution in [3.63, 3.8) is 0 Å². The third-order valence-electron chi connectivity index (χ3n) is 18.6. The lowest BCUT2D eigenvalue weighted by Crippen LogP contribution is -2.30. The molecule has 10 heteroatoms. The van der Waals surface area contributed by atoms with Gasteiger partial charge >= 0.3 is 11.9 Å². The molecule has 0 aliphatic rings. The molecule has 4 N–H and O–H groups in total. The lowest BCUT2D eigenvalue weighted by Gasteiger charge is -2.29. The average molecular weight is 1250 g/mol. The summed E-state index contributed by atoms with van der Waals surface area (Å²) < 4.78 is 11.1. The third-order valence-corrected chi connectivity index (χ3v) is 18.6. The van der Waals surface area contributed by atoms with Crippen molar-refractivity contribution in [2.45, 2.75) is 425 Å². The second-order valence-corrected chi connectivity index (χ2v) is 27.6. The molecule has 0 saturated heterocycles. The maximum atomic E-state index is 12.3. The van der Waals surface area contributed by atoms with Crippen LogP contribution in [0.4, 0.5) is 0 Å². The van der Waals surface area contributed by atoms with Crippen LogP contribution < -0.4 is 0 Å². The molecule has 0 radical (unpaired) electrons. The molecule has 0 amide bonds. The van der Waals surface area contributed by atoms with Crippen LogP contribution in [0.1, 0.15) is 414 Å². The third kappa shape index (κ3) is 66.2. The number of hydrogen-bond donors (Lipinski definition) is 4. The molecule has 0 aromatic rings. The quantitative estimate of drug-likeness (QED) is 0.0344. The highest BCUT2D eigenvalue weighted by atomic mass is 16.5. The van der Waals surface area contributed by atoms with Crippen molar-refractivity contribution in [1.82, 2.24) is 9.80 Å². The Hall–Kier alpha value is -1.30. The summed E-state index contributed by atoms with van der Waals surface area (Å²) in [6.45, 7) is 22.2. The first-order chi connectivity index (χ1) is 43.0. The Balaban J connectivity index is 0. The van der Waals surface area contributed by atoms with Crippen LogP contribution >= 0.6 is 0 Å². The molecule has 0 aromatic carbocycles. The fraction of sp³-hybridized carbons (Fsp3) is 0.974. The Kier molecular flexibility index (Phi) is 72.2. The Morgan fingerprint density at radius 3 is 0.727 bits per heavy atom. The number of carbonyl (C=O) groups is 2. The number of carbonyl (C=O) groups excluding carboxylic acids is 2. The fourth-order valence-corrected chi connectivity index (χ4v) is 13.0. The topological polar surface area (TPSA) is 140 Å². The number of nitrogens with zero attached hydrogens (tertiary/aromatic N) is 2. The summed E-state index contributed by atoms with van der Waals surface area (Å²) >= 11 is 0. The van der Waals surface area contributed by atoms with Crippen molar-refractivity contribution in [2.24, 2.45) is 0 Å². The first-order valence-corrected chi connectivity index (χ1v) is 39.4. The van der Waals surface area contributed by atoms with Gasteiger partial charge in [-0.3, -0.25) is 9.59 Å². The highest BCUT2D eigenvalue weighted by Crippen LogP contribution is 2.30. The predicted molar refractivity (Wildman–Crippen MR) is 381 cm³/mol. The van der Waals surface area contributed by atoms with Crippen molar-refractivity contribution in [2.75, 3.05) is 65.7 Å². The van der Waals surface area contributed by atoms with E-state index in [1.165, 1.54) is 200 Å². The molecule has 0 fully saturated rings. The van der Waals surface area contributed by atoms with E-state index in [0.717, 1.165) is 199 Å². The van der Waals surface area contributed by atoms with Gasteiger partial charge in [0.05, 0.1) is 24.4 Å². The molecule has 0 atom stereocenters. The zero-order valence-electron chi connectivity index (χ0n) is 60.4. The Labute approximate surface area is 549 Å². The van der Waals surface area contributed by atoms with E-state index in [9.17, 15) is 19.8 Å². The number of esters is 2. The Morgan fingerprint density at radius 2 is 0.477 bits per heavy atom. The highest BCUT2D eigenvalue weighted by Gasteiger charge is 2.27. The van der Waals surface area contributed by atoms with E-state index < -0.39 is 11.2 Å². The first kappa shape index (κ1) is 88.8. The summed E-state index contributed by atoms with van der Waals surface area (Å²) in [5.41, 5.74) is -1.11. The van der Waals surface area contributed by atoms with Crippen LogP contribution in [0, 0.1) is 0 Å². The van der Waals surface area contributed by atoms with Gasteiger partial charge in [0.15, 0.2) is 0 Å². The van der Waals surface area contributed by atoms with E-state index >= 15 is 0 Å². The lowest BCUT2D eigenvalue weighted by atomic mass is 9.85. The largest absolute Gasteiger partial charge is 0.466 e. The SMILES string of the molecule is CCCCCCCCCCCCCCCC(=O)OCCCCCCC(O)(CCCCCCOC(=O)CCCCCCCCCCCCCCC)CCCCN(CCC)CCC.CCCN(CCC)CCCCC(O)(CCCCCCO)CCCCCCO. The van der Waals surface area contributed by atoms with Crippen LogP contribution in [0.15, 0.2) is 0 Å². The van der Waals surface area contributed by atoms with E-state index in [4.69, 9.17) is 19.7 Å². The van der Waals surface area contributed by atoms with Crippen LogP contribution in [-0.4, -0.2) is 119 Å². The van der Waals surface area contributed by atoms with Crippen LogP contribution in [0.5, 0.6) is 0 Å². The molecule has 528 valence electrons. The fourth-order valence-electron chi connectivity index (χ4n) is 13.0. The summed E-state index contributed by atoms with van der Waals surface area (Å²) in [5.74, 6) is -0.0610. The van der Waals surface area contributed by atoms with Gasteiger partial charge in [0.1, 0.15) is 0 Å². The van der Waals surface area contributed by atoms with E-state index in [1.807, 2.05) is 0 Å². The molecule has 0 heterocycles. The van der Waals surface area contributed by atoms with Crippen LogP contribution in [0.25, 0.3) is 0 Å². The maximum absolute atomic E-state index is 12.3. The smallest absolute Gasteiger partial charge is 0.305 e. The summed E-state index contributed by atoms with van der Waals surface area (Å²) in [7, 11) is 0. The molecule has 0 aliphatic heterocycles. The van der Waals surface area contributed by atoms with E-state index in [1.54, 1.807) is 0 Å². The maximum Gasteiger partial charge on any atom is 0.305 e. The molecule has 10 nitrogen and oxygen atoms in total. The second kappa shape index (κ2) is 71.5. The Bertz CT molecular complexity index is 1290. The van der Waals surface area contributed by atoms with Gasteiger partial charge in [-0.2, -0.15) is 0 Å². The monoisotopic (exact) mass is 1250 g/mol. The zero-order valence-corrected chi connectivity index (χ0v) is 60.4. The van der Waals surface area contributed by atoms with Crippen LogP contribution in [0.3, 0.4) is 0 Å². The average Bonchev–Trinajstić information content (AvgIpc) is 3.56. The number of aliphatic hydroxyl groups excluding tert-OH is 2. The summed E-state index contributed by atoms with van der Waals surface area (Å²) in [6.07, 6.45) is 66.2. The predicted octanol–water partition coefficient (Wildman–Crippen LogP) is 21.9. The van der Waals surface area contributed by atoms with Gasteiger partial charge in [-0.25, -0.2) is 0 Å². The number of hydrogen-bond acceptors (Lipinski definition) is 10. The van der Waals surface area contributed by atoms with E-state index in [0.29, 0.717) is 26.1 Å². The number of ether oxygens (including phenoxy) is 2. The van der Waals surface area contributed by atoms with Gasteiger partial charge in [-0.05, 0) is 168 Å². The molecule has 0 unspecified atom stereocenters. The van der Waals surface area contributed by atoms with Crippen molar-refractivity contribution in [1.29, 1.82) is 0 Å². The molecule has 0 bridgehead atoms. The normalized spacial score (nSPS) is 12.0. The molecule has 0 aliphatic carbocycles. The van der Waals surface area contributed by atoms with Gasteiger partial charge in [0.25, 0.3) is 0 Å². The first-order valence-electron chi connectivity index (χ1n) is 39.4. The van der Waals surface area contributed by atoms with Crippen molar-refractivity contribution >= 4 is 11.9 Å². The zero-order chi connectivity index (χ0) is 64.8. The van der Waals surface area contributed by atoms with Gasteiger partial charge in [-0.1, -0.05) is 273 Å². The highest BCUT2D eigenvalue weighted by molar-refractivity contribution is 5.69. The minimum Gasteiger partial charge on any atom is -0.466 e. The number of rotatable bonds is 72. The van der Waals surface area contributed by atoms with Crippen LogP contribution in [-0.2, 0) is 19.1 Å². The standard InChI is InChI=1S/C55H109NO5.C23H49NO3/c1-5-9-11-13-15-17-19-21-23-25-27-29-35-43-53(57)60-51-41-33-31-37-45-55(59,47-39-40-50-56(48-7-3)49-8-4)46-38-32-34-42-52-61-54(58)44-36-30-28-26-24-22-20-18-16-14-12-10-6-2;1-3-18-24(19-4-2)20-12-11-17-23(27,15-9-5-7-13-21-25)16-10-6-8-14-22-26/h59H,5-52H2,1-4H3;25-27H,3-22H2,1-2H3. The molecule has 0 rings (SSSR count). The van der Waals surface area contributed by atoms with Crippen molar-refractivity contribution < 1.29 is 39.5 Å². The molecule has 88 heavy (non-hydrogen) atoms. The summed E-state index contributed by atoms with van der Waals surface area (Å²) in [4.78, 5) is 29.7. The van der Waals surface area contributed by atoms with E-state index in [2.05, 4.69) is 51.3 Å². The minimum atomic E-state index is -0.596. The second-order valence-electron chi connectivity index (χ2n) is 27.6. The molecule has 0 saturated carbocycles. The van der Waals surface area contributed by atoms with Crippen molar-refractivity contribution in [3.8, 4) is 0 Å². The van der Waals surface area contributed by atoms with Crippen LogP contribution in [0.2, 0.25) is 0 Å². The lowest BCUT2D eigenvalue weighted by molar-refractivity contribution is -0.144. The van der Waals surface area contributed by atoms with Gasteiger partial charge in [0, 0.05) is 26.1 Å². The Morgan fingerprint density at radius 1 is 0.261 bits per heavy atom. The van der Waals surface area contributed by atoms with Crippen molar-refractivity contribution in [3.05, 3.63) is 0 Å². The molecule has 0 aromatic heterocycles. The number of aliphatic hydroxyl groups is 4. The summed E-state index contributed by atoms with van der Waals surface area (Å²) in [5, 5.41) is 40.8. The van der Waals surface area contributed by atoms with Gasteiger partial charge in [-0.15, -0.1) is 0 Å². The molecule has 0 spiro atoms. The molecular weight excluding hydrogens is 1090 g/mol. The minimum absolute atomic E-state index is 0.0305. The van der Waals surface area contributed by atoms with Gasteiger partial charge < -0.3 is 39.7 Å².